The van der Waals surface area contributed by atoms with Gasteiger partial charge < -0.3 is 9.80 Å². The Labute approximate surface area is 289 Å². The molecule has 8 aromatic rings. The molecule has 0 bridgehead atoms. The summed E-state index contributed by atoms with van der Waals surface area (Å²) in [4.78, 5) is 8.06. The molecule has 0 unspecified atom stereocenters. The fourth-order valence-electron chi connectivity index (χ4n) is 6.30. The Morgan fingerprint density at radius 1 is 0.469 bits per heavy atom. The van der Waals surface area contributed by atoms with Crippen molar-refractivity contribution in [2.45, 2.75) is 0 Å². The van der Waals surface area contributed by atoms with E-state index in [0.29, 0.717) is 11.3 Å². The second-order valence-corrected chi connectivity index (χ2v) is 12.8. The number of nitrogens with zero attached hydrogens (tertiary/aromatic N) is 4. The SMILES string of the molecule is [C-]#[N+]c1ccc(N(c2ccccc2)c2ccc3c(c2)sc2cc(N(c4ccc(C#N)cc4)c4ccc(-c5ccccc5)cc4)ccc23)cc1. The summed E-state index contributed by atoms with van der Waals surface area (Å²) in [5.74, 6) is 0. The van der Waals surface area contributed by atoms with Gasteiger partial charge in [-0.2, -0.15) is 5.26 Å². The lowest BCUT2D eigenvalue weighted by molar-refractivity contribution is 1.29. The minimum atomic E-state index is 0.620. The third kappa shape index (κ3) is 5.77. The quantitative estimate of drug-likeness (QED) is 0.162. The van der Waals surface area contributed by atoms with E-state index in [9.17, 15) is 5.26 Å². The number of para-hydroxylation sites is 1. The summed E-state index contributed by atoms with van der Waals surface area (Å²) in [6.45, 7) is 7.39. The van der Waals surface area contributed by atoms with Crippen LogP contribution in [0.5, 0.6) is 0 Å². The van der Waals surface area contributed by atoms with Gasteiger partial charge in [-0.05, 0) is 96.1 Å². The highest BCUT2D eigenvalue weighted by atomic mass is 32.1. The second kappa shape index (κ2) is 12.9. The minimum absolute atomic E-state index is 0.620. The van der Waals surface area contributed by atoms with Gasteiger partial charge >= 0.3 is 0 Å². The lowest BCUT2D eigenvalue weighted by atomic mass is 10.0. The molecule has 0 saturated heterocycles. The predicted molar refractivity (Wildman–Crippen MR) is 205 cm³/mol. The van der Waals surface area contributed by atoms with E-state index in [1.165, 1.54) is 25.7 Å². The summed E-state index contributed by atoms with van der Waals surface area (Å²) in [7, 11) is 0. The van der Waals surface area contributed by atoms with Gasteiger partial charge in [0.15, 0.2) is 5.69 Å². The molecule has 0 radical (unpaired) electrons. The van der Waals surface area contributed by atoms with E-state index in [-0.39, 0.29) is 0 Å². The fourth-order valence-corrected chi connectivity index (χ4v) is 7.47. The van der Waals surface area contributed by atoms with Crippen molar-refractivity contribution >= 4 is 71.3 Å². The summed E-state index contributed by atoms with van der Waals surface area (Å²) in [5.41, 5.74) is 9.76. The average Bonchev–Trinajstić information content (AvgIpc) is 3.54. The molecule has 1 aromatic heterocycles. The number of nitriles is 1. The molecule has 49 heavy (non-hydrogen) atoms. The third-order valence-electron chi connectivity index (χ3n) is 8.70. The van der Waals surface area contributed by atoms with E-state index in [1.807, 2.05) is 72.8 Å². The number of rotatable bonds is 7. The zero-order valence-corrected chi connectivity index (χ0v) is 27.2. The Morgan fingerprint density at radius 2 is 0.898 bits per heavy atom. The number of thiophene rings is 1. The first-order chi connectivity index (χ1) is 24.2. The van der Waals surface area contributed by atoms with Gasteiger partial charge in [-0.25, -0.2) is 4.85 Å². The van der Waals surface area contributed by atoms with Crippen LogP contribution < -0.4 is 9.80 Å². The van der Waals surface area contributed by atoms with Crippen molar-refractivity contribution in [3.05, 3.63) is 187 Å². The average molecular weight is 645 g/mol. The summed E-state index contributed by atoms with van der Waals surface area (Å²) in [5, 5.41) is 11.9. The Bertz CT molecular complexity index is 2490. The van der Waals surface area contributed by atoms with E-state index in [1.54, 1.807) is 11.3 Å². The van der Waals surface area contributed by atoms with Gasteiger partial charge in [0.25, 0.3) is 0 Å². The number of benzene rings is 7. The van der Waals surface area contributed by atoms with Crippen LogP contribution in [0.1, 0.15) is 5.56 Å². The Kier molecular flexibility index (Phi) is 7.80. The molecule has 0 amide bonds. The van der Waals surface area contributed by atoms with Crippen molar-refractivity contribution in [3.8, 4) is 17.2 Å². The van der Waals surface area contributed by atoms with Gasteiger partial charge in [-0.1, -0.05) is 84.9 Å². The van der Waals surface area contributed by atoms with Crippen molar-refractivity contribution < 1.29 is 0 Å². The monoisotopic (exact) mass is 644 g/mol. The van der Waals surface area contributed by atoms with Gasteiger partial charge in [0.2, 0.25) is 0 Å². The number of hydrogen-bond donors (Lipinski definition) is 0. The molecule has 0 saturated carbocycles. The summed E-state index contributed by atoms with van der Waals surface area (Å²) in [6.07, 6.45) is 0. The molecule has 8 rings (SSSR count). The first-order valence-electron chi connectivity index (χ1n) is 15.9. The highest BCUT2D eigenvalue weighted by Gasteiger charge is 2.17. The maximum absolute atomic E-state index is 9.46. The van der Waals surface area contributed by atoms with Crippen LogP contribution in [0.3, 0.4) is 0 Å². The van der Waals surface area contributed by atoms with E-state index in [2.05, 4.69) is 118 Å². The van der Waals surface area contributed by atoms with Crippen LogP contribution in [-0.2, 0) is 0 Å². The van der Waals surface area contributed by atoms with E-state index < -0.39 is 0 Å². The fraction of sp³-hybridized carbons (Fsp3) is 0. The van der Waals surface area contributed by atoms with Crippen LogP contribution in [0.25, 0.3) is 36.1 Å². The van der Waals surface area contributed by atoms with Crippen LogP contribution >= 0.6 is 11.3 Å². The smallest absolute Gasteiger partial charge is 0.187 e. The Hall–Kier alpha value is -6.66. The summed E-state index contributed by atoms with van der Waals surface area (Å²) >= 11 is 1.78. The molecule has 1 heterocycles. The maximum atomic E-state index is 9.46. The zero-order valence-electron chi connectivity index (χ0n) is 26.4. The molecule has 0 N–H and O–H groups in total. The Morgan fingerprint density at radius 3 is 1.41 bits per heavy atom. The van der Waals surface area contributed by atoms with Crippen LogP contribution in [-0.4, -0.2) is 0 Å². The molecule has 7 aromatic carbocycles. The largest absolute Gasteiger partial charge is 0.311 e. The lowest BCUT2D eigenvalue weighted by Crippen LogP contribution is -2.09. The van der Waals surface area contributed by atoms with E-state index >= 15 is 0 Å². The number of hydrogen-bond acceptors (Lipinski definition) is 4. The molecular formula is C44H28N4S. The molecule has 0 aliphatic rings. The topological polar surface area (TPSA) is 34.6 Å². The van der Waals surface area contributed by atoms with Crippen molar-refractivity contribution in [2.24, 2.45) is 0 Å². The first-order valence-corrected chi connectivity index (χ1v) is 16.7. The van der Waals surface area contributed by atoms with E-state index in [0.717, 1.165) is 39.7 Å². The van der Waals surface area contributed by atoms with Crippen molar-refractivity contribution in [3.63, 3.8) is 0 Å². The highest BCUT2D eigenvalue weighted by Crippen LogP contribution is 2.43. The normalized spacial score (nSPS) is 10.8. The molecule has 230 valence electrons. The van der Waals surface area contributed by atoms with Crippen LogP contribution in [0.4, 0.5) is 39.8 Å². The standard InChI is InChI=1S/C44H28N4S/c1-46-34-16-22-38(23-17-34)47(35-10-6-3-7-11-35)39-24-26-41-42-27-25-40(29-44(42)49-43(41)28-39)48(36-18-12-31(30-45)13-19-36)37-20-14-33(15-21-37)32-8-4-2-5-9-32/h2-29H. The predicted octanol–water partition coefficient (Wildman–Crippen LogP) is 13.1. The second-order valence-electron chi connectivity index (χ2n) is 11.7. The number of anilines is 6. The zero-order chi connectivity index (χ0) is 33.2. The molecule has 0 aliphatic carbocycles. The van der Waals surface area contributed by atoms with Gasteiger partial charge in [-0.15, -0.1) is 11.3 Å². The molecule has 0 fully saturated rings. The lowest BCUT2D eigenvalue weighted by Gasteiger charge is -2.26. The highest BCUT2D eigenvalue weighted by molar-refractivity contribution is 7.25. The van der Waals surface area contributed by atoms with Gasteiger partial charge in [0.05, 0.1) is 18.2 Å². The van der Waals surface area contributed by atoms with Crippen molar-refractivity contribution in [2.75, 3.05) is 9.80 Å². The van der Waals surface area contributed by atoms with Gasteiger partial charge in [0, 0.05) is 54.3 Å². The van der Waals surface area contributed by atoms with Crippen LogP contribution in [0.2, 0.25) is 0 Å². The number of fused-ring (bicyclic) bond motifs is 3. The minimum Gasteiger partial charge on any atom is -0.311 e. The molecule has 0 atom stereocenters. The third-order valence-corrected chi connectivity index (χ3v) is 9.81. The molecular weight excluding hydrogens is 617 g/mol. The van der Waals surface area contributed by atoms with E-state index in [4.69, 9.17) is 6.57 Å². The van der Waals surface area contributed by atoms with Crippen LogP contribution in [0, 0.1) is 17.9 Å². The van der Waals surface area contributed by atoms with Crippen LogP contribution in [0.15, 0.2) is 170 Å². The van der Waals surface area contributed by atoms with Gasteiger partial charge in [0.1, 0.15) is 0 Å². The summed E-state index contributed by atoms with van der Waals surface area (Å²) < 4.78 is 2.39. The summed E-state index contributed by atoms with van der Waals surface area (Å²) in [6, 6.07) is 60.4. The molecule has 4 nitrogen and oxygen atoms in total. The molecule has 0 spiro atoms. The van der Waals surface area contributed by atoms with Crippen molar-refractivity contribution in [1.29, 1.82) is 5.26 Å². The molecule has 5 heteroatoms. The van der Waals surface area contributed by atoms with Gasteiger partial charge in [-0.3, -0.25) is 0 Å². The first kappa shape index (κ1) is 29.7. The molecule has 0 aliphatic heterocycles. The van der Waals surface area contributed by atoms with Crippen molar-refractivity contribution in [1.82, 2.24) is 0 Å². The maximum Gasteiger partial charge on any atom is 0.187 e. The Balaban J connectivity index is 1.22.